The lowest BCUT2D eigenvalue weighted by Crippen LogP contribution is -2.22. The van der Waals surface area contributed by atoms with E-state index in [9.17, 15) is 8.42 Å². The molecule has 0 aliphatic heterocycles. The maximum Gasteiger partial charge on any atom is 0.245 e. The minimum atomic E-state index is -3.51. The van der Waals surface area contributed by atoms with Gasteiger partial charge in [0.05, 0.1) is 22.8 Å². The summed E-state index contributed by atoms with van der Waals surface area (Å²) in [7, 11) is -0.564. The number of anilines is 2. The van der Waals surface area contributed by atoms with Crippen molar-refractivity contribution in [1.29, 1.82) is 0 Å². The van der Waals surface area contributed by atoms with E-state index >= 15 is 0 Å². The van der Waals surface area contributed by atoms with Crippen LogP contribution in [-0.2, 0) is 16.6 Å². The van der Waals surface area contributed by atoms with E-state index in [-0.39, 0.29) is 11.4 Å². The SMILES string of the molecule is Cc1noc(CNc2cc(S(=O)(=O)N(C)C)ccc2N)n1. The Morgan fingerprint density at radius 1 is 1.38 bits per heavy atom. The standard InChI is InChI=1S/C12H17N5O3S/c1-8-15-12(20-16-8)7-14-11-6-9(4-5-10(11)13)21(18,19)17(2)3/h4-6,14H,7,13H2,1-3H3. The molecule has 1 aromatic carbocycles. The highest BCUT2D eigenvalue weighted by atomic mass is 32.2. The Balaban J connectivity index is 2.24. The third kappa shape index (κ3) is 3.31. The average Bonchev–Trinajstić information content (AvgIpc) is 2.83. The van der Waals surface area contributed by atoms with Crippen molar-refractivity contribution in [2.24, 2.45) is 0 Å². The summed E-state index contributed by atoms with van der Waals surface area (Å²) in [4.78, 5) is 4.21. The molecule has 0 amide bonds. The number of nitrogen functional groups attached to an aromatic ring is 1. The molecular formula is C12H17N5O3S. The van der Waals surface area contributed by atoms with E-state index in [0.29, 0.717) is 23.1 Å². The Hall–Kier alpha value is -2.13. The molecule has 0 unspecified atom stereocenters. The van der Waals surface area contributed by atoms with Gasteiger partial charge in [0.15, 0.2) is 5.82 Å². The van der Waals surface area contributed by atoms with E-state index in [1.54, 1.807) is 6.92 Å². The van der Waals surface area contributed by atoms with Crippen molar-refractivity contribution in [3.63, 3.8) is 0 Å². The first-order valence-corrected chi connectivity index (χ1v) is 7.60. The molecule has 8 nitrogen and oxygen atoms in total. The average molecular weight is 311 g/mol. The van der Waals surface area contributed by atoms with E-state index in [2.05, 4.69) is 15.5 Å². The van der Waals surface area contributed by atoms with Crippen LogP contribution in [-0.4, -0.2) is 37.0 Å². The summed E-state index contributed by atoms with van der Waals surface area (Å²) in [6, 6.07) is 4.48. The van der Waals surface area contributed by atoms with Crippen LogP contribution in [0.3, 0.4) is 0 Å². The second-order valence-electron chi connectivity index (χ2n) is 4.63. The van der Waals surface area contributed by atoms with E-state index in [0.717, 1.165) is 4.31 Å². The highest BCUT2D eigenvalue weighted by molar-refractivity contribution is 7.89. The molecule has 0 aliphatic rings. The minimum Gasteiger partial charge on any atom is -0.397 e. The molecular weight excluding hydrogens is 294 g/mol. The van der Waals surface area contributed by atoms with Crippen molar-refractivity contribution >= 4 is 21.4 Å². The molecule has 1 heterocycles. The zero-order valence-electron chi connectivity index (χ0n) is 12.0. The van der Waals surface area contributed by atoms with Crippen molar-refractivity contribution < 1.29 is 12.9 Å². The molecule has 1 aromatic heterocycles. The summed E-state index contributed by atoms with van der Waals surface area (Å²) < 4.78 is 30.3. The van der Waals surface area contributed by atoms with Gasteiger partial charge >= 0.3 is 0 Å². The predicted octanol–water partition coefficient (Wildman–Crippen LogP) is 0.823. The van der Waals surface area contributed by atoms with Crippen molar-refractivity contribution in [3.05, 3.63) is 29.9 Å². The van der Waals surface area contributed by atoms with Gasteiger partial charge in [-0.05, 0) is 25.1 Å². The van der Waals surface area contributed by atoms with Gasteiger partial charge < -0.3 is 15.6 Å². The third-order valence-corrected chi connectivity index (χ3v) is 4.61. The number of benzene rings is 1. The number of nitrogens with zero attached hydrogens (tertiary/aromatic N) is 3. The Kier molecular flexibility index (Phi) is 4.14. The van der Waals surface area contributed by atoms with Crippen LogP contribution in [0.25, 0.3) is 0 Å². The van der Waals surface area contributed by atoms with Crippen molar-refractivity contribution in [2.45, 2.75) is 18.4 Å². The van der Waals surface area contributed by atoms with E-state index in [4.69, 9.17) is 10.3 Å². The normalized spacial score (nSPS) is 11.8. The molecule has 3 N–H and O–H groups in total. The van der Waals surface area contributed by atoms with Crippen LogP contribution in [0, 0.1) is 6.92 Å². The monoisotopic (exact) mass is 311 g/mol. The molecule has 0 saturated heterocycles. The van der Waals surface area contributed by atoms with Crippen LogP contribution >= 0.6 is 0 Å². The molecule has 0 atom stereocenters. The first kappa shape index (κ1) is 15.3. The zero-order valence-corrected chi connectivity index (χ0v) is 12.8. The predicted molar refractivity (Wildman–Crippen MR) is 78.1 cm³/mol. The van der Waals surface area contributed by atoms with Gasteiger partial charge in [0.25, 0.3) is 0 Å². The van der Waals surface area contributed by atoms with Crippen LogP contribution < -0.4 is 11.1 Å². The van der Waals surface area contributed by atoms with E-state index in [1.165, 1.54) is 32.3 Å². The fourth-order valence-corrected chi connectivity index (χ4v) is 2.57. The molecule has 21 heavy (non-hydrogen) atoms. The fraction of sp³-hybridized carbons (Fsp3) is 0.333. The first-order chi connectivity index (χ1) is 9.80. The number of hydrogen-bond acceptors (Lipinski definition) is 7. The number of nitrogens with one attached hydrogen (secondary N) is 1. The number of sulfonamides is 1. The lowest BCUT2D eigenvalue weighted by molar-refractivity contribution is 0.379. The van der Waals surface area contributed by atoms with Crippen molar-refractivity contribution in [3.8, 4) is 0 Å². The van der Waals surface area contributed by atoms with Gasteiger partial charge in [-0.3, -0.25) is 0 Å². The molecule has 0 radical (unpaired) electrons. The van der Waals surface area contributed by atoms with Crippen LogP contribution in [0.1, 0.15) is 11.7 Å². The number of aryl methyl sites for hydroxylation is 1. The van der Waals surface area contributed by atoms with Gasteiger partial charge in [-0.1, -0.05) is 5.16 Å². The highest BCUT2D eigenvalue weighted by Gasteiger charge is 2.18. The van der Waals surface area contributed by atoms with Crippen LogP contribution in [0.15, 0.2) is 27.6 Å². The minimum absolute atomic E-state index is 0.158. The molecule has 9 heteroatoms. The summed E-state index contributed by atoms with van der Waals surface area (Å²) in [5.41, 5.74) is 6.77. The van der Waals surface area contributed by atoms with E-state index in [1.807, 2.05) is 0 Å². The number of aromatic nitrogens is 2. The van der Waals surface area contributed by atoms with Gasteiger partial charge in [-0.15, -0.1) is 0 Å². The lowest BCUT2D eigenvalue weighted by Gasteiger charge is -2.14. The fourth-order valence-electron chi connectivity index (χ4n) is 1.64. The van der Waals surface area contributed by atoms with Crippen molar-refractivity contribution in [2.75, 3.05) is 25.1 Å². The molecule has 2 rings (SSSR count). The molecule has 0 aliphatic carbocycles. The van der Waals surface area contributed by atoms with Crippen LogP contribution in [0.2, 0.25) is 0 Å². The number of rotatable bonds is 5. The first-order valence-electron chi connectivity index (χ1n) is 6.16. The number of nitrogens with two attached hydrogens (primary N) is 1. The molecule has 0 saturated carbocycles. The Morgan fingerprint density at radius 3 is 2.67 bits per heavy atom. The second kappa shape index (κ2) is 5.70. The quantitative estimate of drug-likeness (QED) is 0.786. The summed E-state index contributed by atoms with van der Waals surface area (Å²) in [5, 5.41) is 6.66. The molecule has 114 valence electrons. The Morgan fingerprint density at radius 2 is 2.10 bits per heavy atom. The van der Waals surface area contributed by atoms with Gasteiger partial charge in [0, 0.05) is 14.1 Å². The second-order valence-corrected chi connectivity index (χ2v) is 6.78. The van der Waals surface area contributed by atoms with Gasteiger partial charge in [-0.2, -0.15) is 4.98 Å². The largest absolute Gasteiger partial charge is 0.397 e. The van der Waals surface area contributed by atoms with Crippen LogP contribution in [0.5, 0.6) is 0 Å². The topological polar surface area (TPSA) is 114 Å². The molecule has 0 bridgehead atoms. The zero-order chi connectivity index (χ0) is 15.6. The summed E-state index contributed by atoms with van der Waals surface area (Å²) in [5.74, 6) is 0.927. The molecule has 0 fully saturated rings. The van der Waals surface area contributed by atoms with Gasteiger partial charge in [0.2, 0.25) is 15.9 Å². The Labute approximate surface area is 123 Å². The molecule has 2 aromatic rings. The van der Waals surface area contributed by atoms with Gasteiger partial charge in [-0.25, -0.2) is 12.7 Å². The maximum absolute atomic E-state index is 12.1. The summed E-state index contributed by atoms with van der Waals surface area (Å²) in [6.45, 7) is 1.97. The molecule has 0 spiro atoms. The van der Waals surface area contributed by atoms with Gasteiger partial charge in [0.1, 0.15) is 0 Å². The Bertz CT molecular complexity index is 739. The van der Waals surface area contributed by atoms with E-state index < -0.39 is 10.0 Å². The lowest BCUT2D eigenvalue weighted by atomic mass is 10.2. The van der Waals surface area contributed by atoms with Crippen LogP contribution in [0.4, 0.5) is 11.4 Å². The smallest absolute Gasteiger partial charge is 0.245 e. The maximum atomic E-state index is 12.1. The summed E-state index contributed by atoms with van der Waals surface area (Å²) in [6.07, 6.45) is 0. The third-order valence-electron chi connectivity index (χ3n) is 2.80. The number of hydrogen-bond donors (Lipinski definition) is 2. The van der Waals surface area contributed by atoms with Crippen molar-refractivity contribution in [1.82, 2.24) is 14.4 Å². The summed E-state index contributed by atoms with van der Waals surface area (Å²) >= 11 is 0. The highest BCUT2D eigenvalue weighted by Crippen LogP contribution is 2.24.